The van der Waals surface area contributed by atoms with Crippen LogP contribution in [0.3, 0.4) is 0 Å². The Morgan fingerprint density at radius 2 is 2.46 bits per heavy atom. The van der Waals surface area contributed by atoms with Crippen LogP contribution in [0.4, 0.5) is 0 Å². The van der Waals surface area contributed by atoms with E-state index in [9.17, 15) is 0 Å². The van der Waals surface area contributed by atoms with E-state index in [1.54, 1.807) is 6.20 Å². The molecule has 1 saturated carbocycles. The second-order valence-electron chi connectivity index (χ2n) is 4.35. The Labute approximate surface area is 78.9 Å². The first-order valence-corrected chi connectivity index (χ1v) is 4.98. The molecule has 0 aromatic carbocycles. The third-order valence-corrected chi connectivity index (χ3v) is 2.99. The molecule has 1 fully saturated rings. The monoisotopic (exact) mass is 179 g/mol. The standard InChI is InChI=1S/C10H17N3/c1-10(4-2-5-10)8-11-7-9-3-6-12-13-9/h3,6,11H,2,4-5,7-8H2,1H3,(H,12,13). The first-order valence-electron chi connectivity index (χ1n) is 4.98. The Bertz CT molecular complexity index is 249. The lowest BCUT2D eigenvalue weighted by Crippen LogP contribution is -2.37. The predicted octanol–water partition coefficient (Wildman–Crippen LogP) is 1.69. The van der Waals surface area contributed by atoms with Crippen molar-refractivity contribution in [3.8, 4) is 0 Å². The molecule has 0 amide bonds. The van der Waals surface area contributed by atoms with Crippen LogP contribution in [-0.4, -0.2) is 16.7 Å². The molecule has 2 rings (SSSR count). The van der Waals surface area contributed by atoms with Crippen LogP contribution in [0.15, 0.2) is 12.3 Å². The maximum atomic E-state index is 3.91. The van der Waals surface area contributed by atoms with Gasteiger partial charge in [0, 0.05) is 25.0 Å². The van der Waals surface area contributed by atoms with E-state index in [2.05, 4.69) is 22.4 Å². The Hall–Kier alpha value is -0.830. The van der Waals surface area contributed by atoms with E-state index in [4.69, 9.17) is 0 Å². The van der Waals surface area contributed by atoms with E-state index in [0.29, 0.717) is 5.41 Å². The van der Waals surface area contributed by atoms with Gasteiger partial charge in [-0.3, -0.25) is 5.10 Å². The minimum absolute atomic E-state index is 0.569. The number of aromatic nitrogens is 2. The van der Waals surface area contributed by atoms with Crippen LogP contribution in [0.2, 0.25) is 0 Å². The molecule has 2 N–H and O–H groups in total. The second-order valence-corrected chi connectivity index (χ2v) is 4.35. The molecule has 0 aliphatic heterocycles. The lowest BCUT2D eigenvalue weighted by atomic mass is 9.70. The quantitative estimate of drug-likeness (QED) is 0.738. The zero-order valence-electron chi connectivity index (χ0n) is 8.14. The van der Waals surface area contributed by atoms with Gasteiger partial charge in [-0.1, -0.05) is 13.3 Å². The summed E-state index contributed by atoms with van der Waals surface area (Å²) in [4.78, 5) is 0. The highest BCUT2D eigenvalue weighted by Gasteiger charge is 2.30. The van der Waals surface area contributed by atoms with Crippen molar-refractivity contribution in [1.29, 1.82) is 0 Å². The molecule has 3 nitrogen and oxygen atoms in total. The van der Waals surface area contributed by atoms with E-state index in [1.165, 1.54) is 25.0 Å². The molecule has 1 aromatic rings. The minimum Gasteiger partial charge on any atom is -0.311 e. The van der Waals surface area contributed by atoms with E-state index < -0.39 is 0 Å². The fourth-order valence-corrected chi connectivity index (χ4v) is 1.84. The summed E-state index contributed by atoms with van der Waals surface area (Å²) >= 11 is 0. The van der Waals surface area contributed by atoms with Gasteiger partial charge in [0.15, 0.2) is 0 Å². The van der Waals surface area contributed by atoms with Crippen molar-refractivity contribution in [2.45, 2.75) is 32.7 Å². The van der Waals surface area contributed by atoms with Crippen molar-refractivity contribution in [2.24, 2.45) is 5.41 Å². The van der Waals surface area contributed by atoms with Gasteiger partial charge >= 0.3 is 0 Å². The largest absolute Gasteiger partial charge is 0.311 e. The Morgan fingerprint density at radius 1 is 1.62 bits per heavy atom. The summed E-state index contributed by atoms with van der Waals surface area (Å²) in [6, 6.07) is 2.01. The summed E-state index contributed by atoms with van der Waals surface area (Å²) in [6.45, 7) is 4.40. The Morgan fingerprint density at radius 3 is 3.00 bits per heavy atom. The smallest absolute Gasteiger partial charge is 0.0490 e. The number of nitrogens with one attached hydrogen (secondary N) is 2. The average molecular weight is 179 g/mol. The number of hydrogen-bond donors (Lipinski definition) is 2. The summed E-state index contributed by atoms with van der Waals surface area (Å²) in [7, 11) is 0. The fraction of sp³-hybridized carbons (Fsp3) is 0.700. The van der Waals surface area contributed by atoms with Gasteiger partial charge in [0.05, 0.1) is 0 Å². The maximum absolute atomic E-state index is 3.91. The minimum atomic E-state index is 0.569. The normalized spacial score (nSPS) is 19.8. The van der Waals surface area contributed by atoms with Crippen LogP contribution >= 0.6 is 0 Å². The van der Waals surface area contributed by atoms with Crippen LogP contribution in [-0.2, 0) is 6.54 Å². The van der Waals surface area contributed by atoms with Gasteiger partial charge in [0.1, 0.15) is 0 Å². The number of nitrogens with zero attached hydrogens (tertiary/aromatic N) is 1. The first-order chi connectivity index (χ1) is 6.29. The van der Waals surface area contributed by atoms with Crippen LogP contribution in [0, 0.1) is 5.41 Å². The van der Waals surface area contributed by atoms with Gasteiger partial charge in [0.2, 0.25) is 0 Å². The fourth-order valence-electron chi connectivity index (χ4n) is 1.84. The molecule has 0 spiro atoms. The lowest BCUT2D eigenvalue weighted by molar-refractivity contribution is 0.156. The van der Waals surface area contributed by atoms with Crippen molar-refractivity contribution in [2.75, 3.05) is 6.54 Å². The van der Waals surface area contributed by atoms with E-state index in [1.807, 2.05) is 6.07 Å². The molecule has 1 heterocycles. The third-order valence-electron chi connectivity index (χ3n) is 2.99. The molecule has 13 heavy (non-hydrogen) atoms. The Balaban J connectivity index is 1.69. The molecule has 0 bridgehead atoms. The van der Waals surface area contributed by atoms with Crippen molar-refractivity contribution < 1.29 is 0 Å². The molecule has 0 radical (unpaired) electrons. The highest BCUT2D eigenvalue weighted by atomic mass is 15.1. The SMILES string of the molecule is CC1(CNCc2ccn[nH]2)CCC1. The number of aromatic amines is 1. The highest BCUT2D eigenvalue weighted by Crippen LogP contribution is 2.39. The van der Waals surface area contributed by atoms with Crippen LogP contribution < -0.4 is 5.32 Å². The van der Waals surface area contributed by atoms with Gasteiger partial charge in [-0.15, -0.1) is 0 Å². The molecule has 0 unspecified atom stereocenters. The molecule has 72 valence electrons. The van der Waals surface area contributed by atoms with Gasteiger partial charge in [-0.2, -0.15) is 5.10 Å². The Kier molecular flexibility index (Phi) is 2.36. The van der Waals surface area contributed by atoms with Gasteiger partial charge < -0.3 is 5.32 Å². The summed E-state index contributed by atoms with van der Waals surface area (Å²) in [6.07, 6.45) is 5.95. The van der Waals surface area contributed by atoms with Crippen molar-refractivity contribution >= 4 is 0 Å². The maximum Gasteiger partial charge on any atom is 0.0490 e. The first kappa shape index (κ1) is 8.75. The predicted molar refractivity (Wildman–Crippen MR) is 52.3 cm³/mol. The van der Waals surface area contributed by atoms with Gasteiger partial charge in [0.25, 0.3) is 0 Å². The van der Waals surface area contributed by atoms with Crippen molar-refractivity contribution in [1.82, 2.24) is 15.5 Å². The summed E-state index contributed by atoms with van der Waals surface area (Å²) < 4.78 is 0. The molecule has 1 aromatic heterocycles. The summed E-state index contributed by atoms with van der Waals surface area (Å²) in [5.74, 6) is 0. The molecule has 0 saturated heterocycles. The zero-order chi connectivity index (χ0) is 9.15. The average Bonchev–Trinajstić information content (AvgIpc) is 2.54. The number of H-pyrrole nitrogens is 1. The summed E-state index contributed by atoms with van der Waals surface area (Å²) in [5.41, 5.74) is 1.74. The summed E-state index contributed by atoms with van der Waals surface area (Å²) in [5, 5.41) is 10.3. The lowest BCUT2D eigenvalue weighted by Gasteiger charge is -2.38. The molecular formula is C10H17N3. The van der Waals surface area contributed by atoms with Crippen LogP contribution in [0.1, 0.15) is 31.9 Å². The molecular weight excluding hydrogens is 162 g/mol. The van der Waals surface area contributed by atoms with Crippen LogP contribution in [0.5, 0.6) is 0 Å². The second kappa shape index (κ2) is 3.50. The van der Waals surface area contributed by atoms with E-state index in [0.717, 1.165) is 13.1 Å². The van der Waals surface area contributed by atoms with Crippen LogP contribution in [0.25, 0.3) is 0 Å². The number of rotatable bonds is 4. The van der Waals surface area contributed by atoms with E-state index in [-0.39, 0.29) is 0 Å². The topological polar surface area (TPSA) is 40.7 Å². The third kappa shape index (κ3) is 2.10. The number of hydrogen-bond acceptors (Lipinski definition) is 2. The molecule has 3 heteroatoms. The highest BCUT2D eigenvalue weighted by molar-refractivity contribution is 4.97. The molecule has 1 aliphatic rings. The van der Waals surface area contributed by atoms with Gasteiger partial charge in [-0.05, 0) is 24.3 Å². The molecule has 0 atom stereocenters. The molecule has 1 aliphatic carbocycles. The zero-order valence-corrected chi connectivity index (χ0v) is 8.14. The van der Waals surface area contributed by atoms with Crippen molar-refractivity contribution in [3.63, 3.8) is 0 Å². The van der Waals surface area contributed by atoms with E-state index >= 15 is 0 Å². The van der Waals surface area contributed by atoms with Crippen molar-refractivity contribution in [3.05, 3.63) is 18.0 Å². The van der Waals surface area contributed by atoms with Gasteiger partial charge in [-0.25, -0.2) is 0 Å².